The molecule has 0 fully saturated rings. The first-order chi connectivity index (χ1) is 7.65. The van der Waals surface area contributed by atoms with Crippen molar-refractivity contribution in [3.05, 3.63) is 29.4 Å². The fourth-order valence-corrected chi connectivity index (χ4v) is 1.94. The maximum Gasteiger partial charge on any atom is 0.146 e. The summed E-state index contributed by atoms with van der Waals surface area (Å²) in [5.41, 5.74) is 8.11. The number of nitrogen functional groups attached to an aromatic ring is 1. The van der Waals surface area contributed by atoms with E-state index in [1.54, 1.807) is 24.1 Å². The van der Waals surface area contributed by atoms with Crippen LogP contribution in [0.15, 0.2) is 24.4 Å². The summed E-state index contributed by atoms with van der Waals surface area (Å²) in [6, 6.07) is 5.53. The number of methoxy groups -OCH3 is 1. The number of hydrogen-bond donors (Lipinski definition) is 1. The van der Waals surface area contributed by atoms with Crippen molar-refractivity contribution in [3.8, 4) is 17.0 Å². The van der Waals surface area contributed by atoms with Gasteiger partial charge in [-0.05, 0) is 12.1 Å². The number of halogens is 1. The molecular weight excluding hydrogens is 226 g/mol. The Kier molecular flexibility index (Phi) is 2.75. The van der Waals surface area contributed by atoms with Gasteiger partial charge in [-0.25, -0.2) is 0 Å². The molecule has 2 aromatic rings. The van der Waals surface area contributed by atoms with Crippen LogP contribution in [0.3, 0.4) is 0 Å². The maximum absolute atomic E-state index is 6.06. The molecule has 1 heterocycles. The van der Waals surface area contributed by atoms with Crippen molar-refractivity contribution in [1.82, 2.24) is 9.78 Å². The van der Waals surface area contributed by atoms with Crippen molar-refractivity contribution in [3.63, 3.8) is 0 Å². The normalized spacial score (nSPS) is 10.4. The van der Waals surface area contributed by atoms with Crippen molar-refractivity contribution in [2.24, 2.45) is 7.05 Å². The van der Waals surface area contributed by atoms with Gasteiger partial charge in [-0.15, -0.1) is 0 Å². The lowest BCUT2D eigenvalue weighted by Crippen LogP contribution is -1.98. The van der Waals surface area contributed by atoms with Crippen LogP contribution in [0.25, 0.3) is 11.3 Å². The van der Waals surface area contributed by atoms with Gasteiger partial charge < -0.3 is 10.5 Å². The van der Waals surface area contributed by atoms with Gasteiger partial charge in [-0.3, -0.25) is 4.68 Å². The Hall–Kier alpha value is -1.68. The molecule has 0 unspecified atom stereocenters. The first kappa shape index (κ1) is 10.8. The minimum atomic E-state index is 0.556. The van der Waals surface area contributed by atoms with Crippen LogP contribution in [0.1, 0.15) is 0 Å². The van der Waals surface area contributed by atoms with E-state index in [4.69, 9.17) is 22.1 Å². The van der Waals surface area contributed by atoms with E-state index in [0.29, 0.717) is 16.5 Å². The highest BCUT2D eigenvalue weighted by Crippen LogP contribution is 2.37. The zero-order valence-electron chi connectivity index (χ0n) is 9.07. The largest absolute Gasteiger partial charge is 0.494 e. The molecule has 0 saturated heterocycles. The van der Waals surface area contributed by atoms with E-state index in [0.717, 1.165) is 11.3 Å². The molecule has 0 aliphatic rings. The fraction of sp³-hybridized carbons (Fsp3) is 0.182. The lowest BCUT2D eigenvalue weighted by molar-refractivity contribution is 0.416. The first-order valence-corrected chi connectivity index (χ1v) is 5.13. The van der Waals surface area contributed by atoms with Gasteiger partial charge in [-0.2, -0.15) is 5.10 Å². The first-order valence-electron chi connectivity index (χ1n) is 4.75. The molecule has 0 saturated carbocycles. The van der Waals surface area contributed by atoms with Gasteiger partial charge in [0.25, 0.3) is 0 Å². The van der Waals surface area contributed by atoms with E-state index in [-0.39, 0.29) is 0 Å². The molecule has 0 spiro atoms. The van der Waals surface area contributed by atoms with Gasteiger partial charge in [0.15, 0.2) is 0 Å². The van der Waals surface area contributed by atoms with Gasteiger partial charge in [0, 0.05) is 12.6 Å². The highest BCUT2D eigenvalue weighted by atomic mass is 35.5. The Morgan fingerprint density at radius 3 is 2.75 bits per heavy atom. The predicted octanol–water partition coefficient (Wildman–Crippen LogP) is 2.33. The molecule has 1 aromatic carbocycles. The van der Waals surface area contributed by atoms with Crippen molar-refractivity contribution < 1.29 is 4.74 Å². The Morgan fingerprint density at radius 2 is 2.19 bits per heavy atom. The van der Waals surface area contributed by atoms with Crippen LogP contribution in [0.5, 0.6) is 5.75 Å². The van der Waals surface area contributed by atoms with Gasteiger partial charge >= 0.3 is 0 Å². The van der Waals surface area contributed by atoms with Gasteiger partial charge in [-0.1, -0.05) is 17.7 Å². The van der Waals surface area contributed by atoms with E-state index in [9.17, 15) is 0 Å². The number of nitrogens with zero attached hydrogens (tertiary/aromatic N) is 2. The standard InChI is InChI=1S/C11H12ClN3O/c1-15-10(9(13)6-14-15)7-4-3-5-8(12)11(7)16-2/h3-6H,13H2,1-2H3. The van der Waals surface area contributed by atoms with E-state index in [1.165, 1.54) is 0 Å². The Balaban J connectivity index is 2.69. The molecule has 2 rings (SSSR count). The van der Waals surface area contributed by atoms with Crippen LogP contribution in [-0.4, -0.2) is 16.9 Å². The van der Waals surface area contributed by atoms with Gasteiger partial charge in [0.1, 0.15) is 5.75 Å². The number of aryl methyl sites for hydroxylation is 1. The number of aromatic nitrogens is 2. The number of ether oxygens (including phenoxy) is 1. The Labute approximate surface area is 98.6 Å². The molecule has 1 aromatic heterocycles. The minimum Gasteiger partial charge on any atom is -0.494 e. The van der Waals surface area contributed by atoms with Crippen molar-refractivity contribution in [1.29, 1.82) is 0 Å². The number of nitrogens with two attached hydrogens (primary N) is 1. The summed E-state index contributed by atoms with van der Waals surface area (Å²) in [6.07, 6.45) is 1.61. The molecule has 0 bridgehead atoms. The number of anilines is 1. The summed E-state index contributed by atoms with van der Waals surface area (Å²) < 4.78 is 6.98. The van der Waals surface area contributed by atoms with Crippen LogP contribution < -0.4 is 10.5 Å². The van der Waals surface area contributed by atoms with E-state index in [2.05, 4.69) is 5.10 Å². The predicted molar refractivity (Wildman–Crippen MR) is 64.6 cm³/mol. The van der Waals surface area contributed by atoms with Crippen LogP contribution in [0, 0.1) is 0 Å². The number of benzene rings is 1. The zero-order valence-corrected chi connectivity index (χ0v) is 9.82. The number of hydrogen-bond acceptors (Lipinski definition) is 3. The summed E-state index contributed by atoms with van der Waals surface area (Å²) >= 11 is 6.06. The van der Waals surface area contributed by atoms with Crippen molar-refractivity contribution in [2.75, 3.05) is 12.8 Å². The van der Waals surface area contributed by atoms with Crippen LogP contribution >= 0.6 is 11.6 Å². The zero-order chi connectivity index (χ0) is 11.7. The monoisotopic (exact) mass is 237 g/mol. The van der Waals surface area contributed by atoms with Gasteiger partial charge in [0.2, 0.25) is 0 Å². The van der Waals surface area contributed by atoms with Crippen molar-refractivity contribution in [2.45, 2.75) is 0 Å². The Morgan fingerprint density at radius 1 is 1.44 bits per heavy atom. The average Bonchev–Trinajstić information content (AvgIpc) is 2.58. The Bertz CT molecular complexity index is 502. The lowest BCUT2D eigenvalue weighted by Gasteiger charge is -2.10. The molecule has 5 heteroatoms. The second-order valence-electron chi connectivity index (χ2n) is 3.39. The van der Waals surface area contributed by atoms with E-state index < -0.39 is 0 Å². The van der Waals surface area contributed by atoms with Crippen molar-refractivity contribution >= 4 is 17.3 Å². The number of para-hydroxylation sites is 1. The van der Waals surface area contributed by atoms with E-state index >= 15 is 0 Å². The van der Waals surface area contributed by atoms with Crippen LogP contribution in [-0.2, 0) is 7.05 Å². The quantitative estimate of drug-likeness (QED) is 0.872. The molecule has 16 heavy (non-hydrogen) atoms. The molecular formula is C11H12ClN3O. The van der Waals surface area contributed by atoms with Gasteiger partial charge in [0.05, 0.1) is 29.7 Å². The third-order valence-electron chi connectivity index (χ3n) is 2.39. The molecule has 2 N–H and O–H groups in total. The number of rotatable bonds is 2. The third-order valence-corrected chi connectivity index (χ3v) is 2.69. The topological polar surface area (TPSA) is 53.1 Å². The maximum atomic E-state index is 6.06. The highest BCUT2D eigenvalue weighted by Gasteiger charge is 2.15. The average molecular weight is 238 g/mol. The smallest absolute Gasteiger partial charge is 0.146 e. The lowest BCUT2D eigenvalue weighted by atomic mass is 10.1. The molecule has 4 nitrogen and oxygen atoms in total. The van der Waals surface area contributed by atoms with E-state index in [1.807, 2.05) is 19.2 Å². The summed E-state index contributed by atoms with van der Waals surface area (Å²) in [5, 5.41) is 4.65. The summed E-state index contributed by atoms with van der Waals surface area (Å²) in [7, 11) is 3.41. The fourth-order valence-electron chi connectivity index (χ4n) is 1.69. The van der Waals surface area contributed by atoms with Crippen LogP contribution in [0.4, 0.5) is 5.69 Å². The molecule has 0 aliphatic heterocycles. The summed E-state index contributed by atoms with van der Waals surface area (Å²) in [5.74, 6) is 0.611. The minimum absolute atomic E-state index is 0.556. The second kappa shape index (κ2) is 4.06. The third kappa shape index (κ3) is 1.61. The highest BCUT2D eigenvalue weighted by molar-refractivity contribution is 6.32. The SMILES string of the molecule is COc1c(Cl)cccc1-c1c(N)cnn1C. The molecule has 0 amide bonds. The summed E-state index contributed by atoms with van der Waals surface area (Å²) in [6.45, 7) is 0. The molecule has 0 radical (unpaired) electrons. The van der Waals surface area contributed by atoms with Crippen LogP contribution in [0.2, 0.25) is 5.02 Å². The molecule has 0 atom stereocenters. The second-order valence-corrected chi connectivity index (χ2v) is 3.80. The molecule has 0 aliphatic carbocycles. The summed E-state index contributed by atoms with van der Waals surface area (Å²) in [4.78, 5) is 0. The molecule has 84 valence electrons.